The molecule has 2 N–H and O–H groups in total. The molecule has 0 aromatic heterocycles. The van der Waals surface area contributed by atoms with Gasteiger partial charge < -0.3 is 5.32 Å². The van der Waals surface area contributed by atoms with Crippen LogP contribution in [0.25, 0.3) is 0 Å². The largest absolute Gasteiger partial charge is 0.349 e. The topological polar surface area (TPSA) is 101 Å². The Morgan fingerprint density at radius 3 is 2.57 bits per heavy atom. The van der Waals surface area contributed by atoms with Crippen LogP contribution in [0, 0.1) is 29.6 Å². The minimum Gasteiger partial charge on any atom is -0.349 e. The Bertz CT molecular complexity index is 674. The van der Waals surface area contributed by atoms with Crippen molar-refractivity contribution in [3.63, 3.8) is 0 Å². The molecule has 23 heavy (non-hydrogen) atoms. The van der Waals surface area contributed by atoms with Gasteiger partial charge in [0.1, 0.15) is 12.1 Å². The Hall–Kier alpha value is -2.86. The van der Waals surface area contributed by atoms with E-state index in [4.69, 9.17) is 10.5 Å². The van der Waals surface area contributed by atoms with Gasteiger partial charge >= 0.3 is 0 Å². The molecule has 0 heterocycles. The van der Waals surface area contributed by atoms with Gasteiger partial charge in [0.2, 0.25) is 5.71 Å². The van der Waals surface area contributed by atoms with Crippen molar-refractivity contribution in [2.24, 2.45) is 5.10 Å². The predicted molar refractivity (Wildman–Crippen MR) is 87.8 cm³/mol. The molecule has 1 aromatic carbocycles. The van der Waals surface area contributed by atoms with Crippen LogP contribution in [-0.2, 0) is 0 Å². The Balaban J connectivity index is 2.12. The number of nitriles is 2. The molecule has 6 heteroatoms. The van der Waals surface area contributed by atoms with Gasteiger partial charge in [0, 0.05) is 11.6 Å². The van der Waals surface area contributed by atoms with Crippen molar-refractivity contribution in [1.29, 1.82) is 10.5 Å². The first-order valence-corrected chi connectivity index (χ1v) is 7.70. The lowest BCUT2D eigenvalue weighted by molar-refractivity contribution is 0.0927. The Labute approximate surface area is 135 Å². The maximum Gasteiger partial charge on any atom is 0.251 e. The van der Waals surface area contributed by atoms with Crippen LogP contribution >= 0.6 is 0 Å². The van der Waals surface area contributed by atoms with Gasteiger partial charge in [-0.3, -0.25) is 10.2 Å². The molecule has 1 amide bonds. The highest BCUT2D eigenvalue weighted by molar-refractivity contribution is 6.10. The third kappa shape index (κ3) is 4.31. The monoisotopic (exact) mass is 309 g/mol. The molecular weight excluding hydrogens is 290 g/mol. The van der Waals surface area contributed by atoms with Gasteiger partial charge in [0.05, 0.1) is 5.69 Å². The molecule has 1 aromatic rings. The minimum absolute atomic E-state index is 0.0946. The molecule has 0 unspecified atom stereocenters. The number of nitrogens with zero attached hydrogens (tertiary/aromatic N) is 3. The van der Waals surface area contributed by atoms with Gasteiger partial charge in [-0.25, -0.2) is 0 Å². The molecule has 0 radical (unpaired) electrons. The van der Waals surface area contributed by atoms with Crippen LogP contribution in [0.2, 0.25) is 0 Å². The van der Waals surface area contributed by atoms with Crippen LogP contribution in [0.5, 0.6) is 0 Å². The SMILES string of the molecule is Cc1c(NN=C(C#N)C#N)cccc1C(=O)NC1CCCCC1. The summed E-state index contributed by atoms with van der Waals surface area (Å²) < 4.78 is 0. The van der Waals surface area contributed by atoms with E-state index in [1.54, 1.807) is 30.3 Å². The Kier molecular flexibility index (Phi) is 5.71. The van der Waals surface area contributed by atoms with E-state index in [0.29, 0.717) is 11.3 Å². The van der Waals surface area contributed by atoms with Crippen LogP contribution in [0.15, 0.2) is 23.3 Å². The number of nitrogens with one attached hydrogen (secondary N) is 2. The summed E-state index contributed by atoms with van der Waals surface area (Å²) in [7, 11) is 0. The van der Waals surface area contributed by atoms with Crippen LogP contribution in [-0.4, -0.2) is 17.7 Å². The quantitative estimate of drug-likeness (QED) is 0.659. The lowest BCUT2D eigenvalue weighted by Gasteiger charge is -2.23. The molecule has 0 atom stereocenters. The minimum atomic E-state index is -0.263. The molecule has 0 bridgehead atoms. The van der Waals surface area contributed by atoms with Crippen molar-refractivity contribution in [2.45, 2.75) is 45.1 Å². The number of amides is 1. The summed E-state index contributed by atoms with van der Waals surface area (Å²) in [5.74, 6) is -0.0946. The summed E-state index contributed by atoms with van der Waals surface area (Å²) in [5, 5.41) is 24.2. The van der Waals surface area contributed by atoms with Gasteiger partial charge in [-0.2, -0.15) is 15.6 Å². The van der Waals surface area contributed by atoms with Crippen molar-refractivity contribution in [2.75, 3.05) is 5.43 Å². The van der Waals surface area contributed by atoms with Gasteiger partial charge in [-0.15, -0.1) is 0 Å². The fraction of sp³-hybridized carbons (Fsp3) is 0.412. The van der Waals surface area contributed by atoms with E-state index >= 15 is 0 Å². The first-order valence-electron chi connectivity index (χ1n) is 7.70. The van der Waals surface area contributed by atoms with E-state index in [-0.39, 0.29) is 17.7 Å². The van der Waals surface area contributed by atoms with E-state index in [1.807, 2.05) is 6.92 Å². The smallest absolute Gasteiger partial charge is 0.251 e. The van der Waals surface area contributed by atoms with Crippen LogP contribution in [0.4, 0.5) is 5.69 Å². The number of benzene rings is 1. The summed E-state index contributed by atoms with van der Waals surface area (Å²) in [6.07, 6.45) is 5.61. The predicted octanol–water partition coefficient (Wildman–Crippen LogP) is 2.87. The van der Waals surface area contributed by atoms with Gasteiger partial charge in [0.25, 0.3) is 5.91 Å². The normalized spacial score (nSPS) is 14.2. The van der Waals surface area contributed by atoms with Crippen LogP contribution in [0.1, 0.15) is 48.0 Å². The number of hydrazone groups is 1. The lowest BCUT2D eigenvalue weighted by atomic mass is 9.95. The Morgan fingerprint density at radius 2 is 1.91 bits per heavy atom. The van der Waals surface area contributed by atoms with Gasteiger partial charge in [0.15, 0.2) is 0 Å². The zero-order valence-electron chi connectivity index (χ0n) is 13.1. The van der Waals surface area contributed by atoms with Crippen LogP contribution < -0.4 is 10.7 Å². The fourth-order valence-electron chi connectivity index (χ4n) is 2.70. The Morgan fingerprint density at radius 1 is 1.22 bits per heavy atom. The van der Waals surface area contributed by atoms with E-state index in [9.17, 15) is 4.79 Å². The fourth-order valence-corrected chi connectivity index (χ4v) is 2.70. The molecule has 1 aliphatic carbocycles. The molecule has 1 aliphatic rings. The zero-order chi connectivity index (χ0) is 16.7. The highest BCUT2D eigenvalue weighted by Crippen LogP contribution is 2.21. The molecule has 0 saturated heterocycles. The lowest BCUT2D eigenvalue weighted by Crippen LogP contribution is -2.36. The second-order valence-corrected chi connectivity index (χ2v) is 5.58. The number of hydrogen-bond donors (Lipinski definition) is 2. The molecule has 0 spiro atoms. The van der Waals surface area contributed by atoms with Crippen molar-refractivity contribution >= 4 is 17.3 Å². The van der Waals surface area contributed by atoms with E-state index in [1.165, 1.54) is 6.42 Å². The van der Waals surface area contributed by atoms with E-state index in [2.05, 4.69) is 15.8 Å². The summed E-state index contributed by atoms with van der Waals surface area (Å²) in [6.45, 7) is 1.81. The molecule has 118 valence electrons. The average molecular weight is 309 g/mol. The second kappa shape index (κ2) is 7.95. The van der Waals surface area contributed by atoms with E-state index < -0.39 is 0 Å². The number of carbonyl (C=O) groups is 1. The summed E-state index contributed by atoms with van der Waals surface area (Å²) in [5.41, 5.74) is 4.33. The van der Waals surface area contributed by atoms with E-state index in [0.717, 1.165) is 31.2 Å². The molecule has 6 nitrogen and oxygen atoms in total. The first kappa shape index (κ1) is 16.5. The zero-order valence-corrected chi connectivity index (χ0v) is 13.1. The third-order valence-electron chi connectivity index (χ3n) is 4.02. The standard InChI is InChI=1S/C17H19N5O/c1-12-15(17(23)20-13-6-3-2-4-7-13)8-5-9-16(12)22-21-14(10-18)11-19/h5,8-9,13,22H,2-4,6-7H2,1H3,(H,20,23). The number of rotatable bonds is 4. The molecule has 0 aliphatic heterocycles. The third-order valence-corrected chi connectivity index (χ3v) is 4.02. The number of carbonyl (C=O) groups excluding carboxylic acids is 1. The second-order valence-electron chi connectivity index (χ2n) is 5.58. The van der Waals surface area contributed by atoms with Crippen molar-refractivity contribution in [3.8, 4) is 12.1 Å². The molecule has 2 rings (SSSR count). The molecule has 1 fully saturated rings. The van der Waals surface area contributed by atoms with Crippen molar-refractivity contribution < 1.29 is 4.79 Å². The molecule has 1 saturated carbocycles. The maximum atomic E-state index is 12.5. The van der Waals surface area contributed by atoms with Gasteiger partial charge in [-0.1, -0.05) is 25.3 Å². The maximum absolute atomic E-state index is 12.5. The summed E-state index contributed by atoms with van der Waals surface area (Å²) in [4.78, 5) is 12.5. The first-order chi connectivity index (χ1) is 11.2. The van der Waals surface area contributed by atoms with Crippen molar-refractivity contribution in [3.05, 3.63) is 29.3 Å². The van der Waals surface area contributed by atoms with Crippen molar-refractivity contribution in [1.82, 2.24) is 5.32 Å². The number of anilines is 1. The number of hydrogen-bond acceptors (Lipinski definition) is 5. The highest BCUT2D eigenvalue weighted by Gasteiger charge is 2.18. The highest BCUT2D eigenvalue weighted by atomic mass is 16.1. The molecular formula is C17H19N5O. The van der Waals surface area contributed by atoms with Gasteiger partial charge in [-0.05, 0) is 37.5 Å². The summed E-state index contributed by atoms with van der Waals surface area (Å²) >= 11 is 0. The average Bonchev–Trinajstić information content (AvgIpc) is 2.58. The van der Waals surface area contributed by atoms with Crippen LogP contribution in [0.3, 0.4) is 0 Å². The summed E-state index contributed by atoms with van der Waals surface area (Å²) in [6, 6.07) is 8.87.